The van der Waals surface area contributed by atoms with Gasteiger partial charge >= 0.3 is 0 Å². The number of hydrogen-bond donors (Lipinski definition) is 0. The smallest absolute Gasteiger partial charge is 0.150 e. The van der Waals surface area contributed by atoms with Crippen LogP contribution >= 0.6 is 0 Å². The van der Waals surface area contributed by atoms with Crippen molar-refractivity contribution in [1.82, 2.24) is 0 Å². The average Bonchev–Trinajstić information content (AvgIpc) is 2.28. The number of carbonyl (C=O) groups excluding carboxylic acids is 1. The van der Waals surface area contributed by atoms with E-state index in [9.17, 15) is 13.6 Å². The lowest BCUT2D eigenvalue weighted by Gasteiger charge is -2.03. The molecule has 3 heteroatoms. The summed E-state index contributed by atoms with van der Waals surface area (Å²) in [6.45, 7) is 0. The Bertz CT molecular complexity index is 535. The van der Waals surface area contributed by atoms with E-state index in [0.29, 0.717) is 11.8 Å². The summed E-state index contributed by atoms with van der Waals surface area (Å²) in [6, 6.07) is 9.76. The van der Waals surface area contributed by atoms with Crippen molar-refractivity contribution in [2.75, 3.05) is 0 Å². The Morgan fingerprint density at radius 2 is 1.81 bits per heavy atom. The third kappa shape index (κ3) is 1.98. The Morgan fingerprint density at radius 3 is 2.44 bits per heavy atom. The molecule has 0 spiro atoms. The highest BCUT2D eigenvalue weighted by molar-refractivity contribution is 5.77. The maximum absolute atomic E-state index is 13.6. The number of carbonyl (C=O) groups is 1. The van der Waals surface area contributed by atoms with Gasteiger partial charge in [-0.25, -0.2) is 8.78 Å². The number of aldehydes is 1. The standard InChI is InChI=1S/C13H8F2O/c14-11-3-1-2-10(7-11)12-5-4-9(8-16)6-13(12)15/h1-8H. The van der Waals surface area contributed by atoms with Crippen LogP contribution in [0, 0.1) is 11.6 Å². The minimum atomic E-state index is -0.532. The highest BCUT2D eigenvalue weighted by Crippen LogP contribution is 2.23. The highest BCUT2D eigenvalue weighted by Gasteiger charge is 2.06. The molecule has 0 aliphatic rings. The van der Waals surface area contributed by atoms with E-state index in [4.69, 9.17) is 0 Å². The van der Waals surface area contributed by atoms with E-state index in [2.05, 4.69) is 0 Å². The molecule has 0 aliphatic heterocycles. The Morgan fingerprint density at radius 1 is 1.00 bits per heavy atom. The third-order valence-corrected chi connectivity index (χ3v) is 2.26. The zero-order chi connectivity index (χ0) is 11.5. The van der Waals surface area contributed by atoms with Crippen molar-refractivity contribution < 1.29 is 13.6 Å². The molecule has 0 atom stereocenters. The quantitative estimate of drug-likeness (QED) is 0.705. The Kier molecular flexibility index (Phi) is 2.77. The van der Waals surface area contributed by atoms with Gasteiger partial charge in [-0.3, -0.25) is 4.79 Å². The molecule has 0 N–H and O–H groups in total. The minimum Gasteiger partial charge on any atom is -0.298 e. The van der Waals surface area contributed by atoms with Crippen molar-refractivity contribution in [3.63, 3.8) is 0 Å². The van der Waals surface area contributed by atoms with Crippen LogP contribution in [0.4, 0.5) is 8.78 Å². The second-order valence-electron chi connectivity index (χ2n) is 3.37. The van der Waals surface area contributed by atoms with Crippen molar-refractivity contribution in [2.45, 2.75) is 0 Å². The lowest BCUT2D eigenvalue weighted by molar-refractivity contribution is 0.112. The fourth-order valence-electron chi connectivity index (χ4n) is 1.49. The monoisotopic (exact) mass is 218 g/mol. The first kappa shape index (κ1) is 10.5. The van der Waals surface area contributed by atoms with Gasteiger partial charge in [-0.15, -0.1) is 0 Å². The van der Waals surface area contributed by atoms with E-state index in [1.807, 2.05) is 0 Å². The van der Waals surface area contributed by atoms with Gasteiger partial charge in [0.2, 0.25) is 0 Å². The summed E-state index contributed by atoms with van der Waals surface area (Å²) >= 11 is 0. The van der Waals surface area contributed by atoms with Gasteiger partial charge in [-0.1, -0.05) is 24.3 Å². The van der Waals surface area contributed by atoms with Crippen LogP contribution < -0.4 is 0 Å². The van der Waals surface area contributed by atoms with Crippen molar-refractivity contribution in [3.8, 4) is 11.1 Å². The molecule has 2 aromatic rings. The molecule has 0 unspecified atom stereocenters. The molecule has 0 aliphatic carbocycles. The van der Waals surface area contributed by atoms with Gasteiger partial charge in [0.1, 0.15) is 17.9 Å². The molecule has 0 heterocycles. The number of halogens is 2. The summed E-state index contributed by atoms with van der Waals surface area (Å²) in [6.07, 6.45) is 0.568. The molecule has 16 heavy (non-hydrogen) atoms. The summed E-state index contributed by atoms with van der Waals surface area (Å²) in [7, 11) is 0. The lowest BCUT2D eigenvalue weighted by atomic mass is 10.0. The number of rotatable bonds is 2. The molecule has 2 aromatic carbocycles. The molecule has 0 fully saturated rings. The second-order valence-corrected chi connectivity index (χ2v) is 3.37. The molecule has 0 saturated heterocycles. The molecule has 80 valence electrons. The maximum Gasteiger partial charge on any atom is 0.150 e. The fourth-order valence-corrected chi connectivity index (χ4v) is 1.49. The van der Waals surface area contributed by atoms with Crippen LogP contribution in [-0.2, 0) is 0 Å². The predicted molar refractivity (Wildman–Crippen MR) is 57.2 cm³/mol. The van der Waals surface area contributed by atoms with Gasteiger partial charge in [0.15, 0.2) is 0 Å². The van der Waals surface area contributed by atoms with Crippen LogP contribution in [0.3, 0.4) is 0 Å². The van der Waals surface area contributed by atoms with E-state index >= 15 is 0 Å². The predicted octanol–water partition coefficient (Wildman–Crippen LogP) is 3.44. The van der Waals surface area contributed by atoms with Crippen LogP contribution in [0.15, 0.2) is 42.5 Å². The highest BCUT2D eigenvalue weighted by atomic mass is 19.1. The maximum atomic E-state index is 13.6. The normalized spacial score (nSPS) is 10.1. The summed E-state index contributed by atoms with van der Waals surface area (Å²) in [4.78, 5) is 10.4. The Balaban J connectivity index is 2.52. The van der Waals surface area contributed by atoms with E-state index in [0.717, 1.165) is 6.07 Å². The molecule has 0 saturated carbocycles. The average molecular weight is 218 g/mol. The van der Waals surface area contributed by atoms with Gasteiger partial charge in [0, 0.05) is 11.1 Å². The fraction of sp³-hybridized carbons (Fsp3) is 0. The molecule has 0 radical (unpaired) electrons. The SMILES string of the molecule is O=Cc1ccc(-c2cccc(F)c2)c(F)c1. The summed E-state index contributed by atoms with van der Waals surface area (Å²) in [5.41, 5.74) is 0.998. The number of hydrogen-bond acceptors (Lipinski definition) is 1. The van der Waals surface area contributed by atoms with Crippen LogP contribution in [0.5, 0.6) is 0 Å². The van der Waals surface area contributed by atoms with Crippen molar-refractivity contribution in [1.29, 1.82) is 0 Å². The topological polar surface area (TPSA) is 17.1 Å². The van der Waals surface area contributed by atoms with Crippen LogP contribution in [0.1, 0.15) is 10.4 Å². The van der Waals surface area contributed by atoms with Crippen molar-refractivity contribution in [2.24, 2.45) is 0 Å². The van der Waals surface area contributed by atoms with Gasteiger partial charge in [0.05, 0.1) is 0 Å². The van der Waals surface area contributed by atoms with Gasteiger partial charge in [-0.05, 0) is 23.8 Å². The van der Waals surface area contributed by atoms with E-state index in [1.165, 1.54) is 30.3 Å². The van der Waals surface area contributed by atoms with E-state index in [-0.39, 0.29) is 11.1 Å². The molecule has 0 aromatic heterocycles. The number of benzene rings is 2. The van der Waals surface area contributed by atoms with Gasteiger partial charge < -0.3 is 0 Å². The van der Waals surface area contributed by atoms with E-state index < -0.39 is 11.6 Å². The van der Waals surface area contributed by atoms with E-state index in [1.54, 1.807) is 6.07 Å². The summed E-state index contributed by atoms with van der Waals surface area (Å²) in [5, 5.41) is 0. The van der Waals surface area contributed by atoms with Crippen molar-refractivity contribution >= 4 is 6.29 Å². The van der Waals surface area contributed by atoms with Crippen LogP contribution in [0.25, 0.3) is 11.1 Å². The first-order valence-corrected chi connectivity index (χ1v) is 4.71. The lowest BCUT2D eigenvalue weighted by Crippen LogP contribution is -1.88. The second kappa shape index (κ2) is 4.23. The zero-order valence-corrected chi connectivity index (χ0v) is 8.28. The summed E-state index contributed by atoms with van der Waals surface area (Å²) in [5.74, 6) is -0.952. The summed E-state index contributed by atoms with van der Waals surface area (Å²) < 4.78 is 26.5. The molecule has 1 nitrogen and oxygen atoms in total. The molecule has 2 rings (SSSR count). The van der Waals surface area contributed by atoms with Crippen LogP contribution in [0.2, 0.25) is 0 Å². The van der Waals surface area contributed by atoms with Gasteiger partial charge in [0.25, 0.3) is 0 Å². The van der Waals surface area contributed by atoms with Crippen LogP contribution in [-0.4, -0.2) is 6.29 Å². The Labute approximate surface area is 91.3 Å². The van der Waals surface area contributed by atoms with Crippen molar-refractivity contribution in [3.05, 3.63) is 59.7 Å². The largest absolute Gasteiger partial charge is 0.298 e. The third-order valence-electron chi connectivity index (χ3n) is 2.26. The first-order valence-electron chi connectivity index (χ1n) is 4.71. The molecule has 0 bridgehead atoms. The molecular weight excluding hydrogens is 210 g/mol. The van der Waals surface area contributed by atoms with Gasteiger partial charge in [-0.2, -0.15) is 0 Å². The minimum absolute atomic E-state index is 0.262. The first-order chi connectivity index (χ1) is 7.70. The zero-order valence-electron chi connectivity index (χ0n) is 8.28. The molecule has 0 amide bonds. The Hall–Kier alpha value is -2.03. The molecular formula is C13H8F2O.